The summed E-state index contributed by atoms with van der Waals surface area (Å²) < 4.78 is 47.4. The summed E-state index contributed by atoms with van der Waals surface area (Å²) in [5.41, 5.74) is 0.700. The van der Waals surface area contributed by atoms with Crippen molar-refractivity contribution in [2.24, 2.45) is 0 Å². The van der Waals surface area contributed by atoms with Gasteiger partial charge in [-0.15, -0.1) is 0 Å². The zero-order chi connectivity index (χ0) is 23.8. The number of carbonyl (C=O) groups excluding carboxylic acids is 1. The molecule has 1 aliphatic heterocycles. The fraction of sp³-hybridized carbons (Fsp3) is 0.348. The van der Waals surface area contributed by atoms with Crippen LogP contribution in [0.4, 0.5) is 10.1 Å². The molecule has 4 rings (SSSR count). The van der Waals surface area contributed by atoms with Crippen LogP contribution in [0.15, 0.2) is 47.5 Å². The molecule has 10 heteroatoms. The lowest BCUT2D eigenvalue weighted by Gasteiger charge is -2.39. The Morgan fingerprint density at radius 1 is 1.24 bits per heavy atom. The van der Waals surface area contributed by atoms with Crippen LogP contribution in [-0.2, 0) is 14.8 Å². The number of sulfonamides is 1. The Bertz CT molecular complexity index is 1290. The molecule has 1 aromatic heterocycles. The highest BCUT2D eigenvalue weighted by molar-refractivity contribution is 7.89. The topological polar surface area (TPSA) is 91.5 Å². The minimum Gasteiger partial charge on any atom is -0.378 e. The number of amides is 1. The zero-order valence-electron chi connectivity index (χ0n) is 18.3. The van der Waals surface area contributed by atoms with Gasteiger partial charge in [0.2, 0.25) is 10.0 Å². The Morgan fingerprint density at radius 2 is 1.97 bits per heavy atom. The number of aromatic nitrogens is 1. The molecule has 2 heterocycles. The van der Waals surface area contributed by atoms with Crippen molar-refractivity contribution in [3.8, 4) is 0 Å². The van der Waals surface area contributed by atoms with E-state index in [4.69, 9.17) is 16.3 Å². The van der Waals surface area contributed by atoms with Crippen molar-refractivity contribution in [2.45, 2.75) is 36.7 Å². The molecule has 0 atom stereocenters. The van der Waals surface area contributed by atoms with Gasteiger partial charge in [-0.1, -0.05) is 18.5 Å². The number of H-pyrrole nitrogens is 1. The molecule has 1 fully saturated rings. The number of nitrogens with zero attached hydrogens (tertiary/aromatic N) is 1. The lowest BCUT2D eigenvalue weighted by molar-refractivity contribution is -0.0478. The molecule has 0 aliphatic carbocycles. The summed E-state index contributed by atoms with van der Waals surface area (Å²) in [5, 5.41) is 3.11. The number of hydrogen-bond donors (Lipinski definition) is 2. The number of halogens is 2. The van der Waals surface area contributed by atoms with E-state index in [1.807, 2.05) is 6.92 Å². The number of methoxy groups -OCH3 is 1. The molecule has 1 aliphatic rings. The summed E-state index contributed by atoms with van der Waals surface area (Å²) in [6.45, 7) is 2.71. The molecule has 0 radical (unpaired) electrons. The van der Waals surface area contributed by atoms with Crippen molar-refractivity contribution in [1.82, 2.24) is 9.29 Å². The van der Waals surface area contributed by atoms with E-state index in [-0.39, 0.29) is 21.1 Å². The van der Waals surface area contributed by atoms with E-state index < -0.39 is 21.7 Å². The van der Waals surface area contributed by atoms with Crippen LogP contribution in [0.25, 0.3) is 10.9 Å². The quantitative estimate of drug-likeness (QED) is 0.516. The molecule has 3 aromatic rings. The first kappa shape index (κ1) is 23.7. The van der Waals surface area contributed by atoms with Crippen LogP contribution >= 0.6 is 11.6 Å². The minimum absolute atomic E-state index is 0.0288. The second kappa shape index (κ2) is 9.06. The van der Waals surface area contributed by atoms with Gasteiger partial charge in [-0.25, -0.2) is 12.8 Å². The smallest absolute Gasteiger partial charge is 0.256 e. The van der Waals surface area contributed by atoms with Crippen molar-refractivity contribution in [2.75, 3.05) is 25.5 Å². The largest absolute Gasteiger partial charge is 0.378 e. The number of piperidine rings is 1. The van der Waals surface area contributed by atoms with Gasteiger partial charge in [-0.2, -0.15) is 4.31 Å². The zero-order valence-corrected chi connectivity index (χ0v) is 19.9. The van der Waals surface area contributed by atoms with Crippen molar-refractivity contribution >= 4 is 44.1 Å². The van der Waals surface area contributed by atoms with Gasteiger partial charge in [0.25, 0.3) is 5.91 Å². The van der Waals surface area contributed by atoms with E-state index in [9.17, 15) is 17.6 Å². The van der Waals surface area contributed by atoms with Crippen LogP contribution < -0.4 is 5.32 Å². The molecule has 7 nitrogen and oxygen atoms in total. The van der Waals surface area contributed by atoms with E-state index >= 15 is 0 Å². The monoisotopic (exact) mass is 493 g/mol. The number of aromatic amines is 1. The van der Waals surface area contributed by atoms with Gasteiger partial charge in [-0.3, -0.25) is 4.79 Å². The van der Waals surface area contributed by atoms with E-state index in [1.54, 1.807) is 19.4 Å². The molecular weight excluding hydrogens is 469 g/mol. The summed E-state index contributed by atoms with van der Waals surface area (Å²) in [4.78, 5) is 16.1. The second-order valence-electron chi connectivity index (χ2n) is 8.14. The summed E-state index contributed by atoms with van der Waals surface area (Å²) in [6.07, 6.45) is 3.65. The third-order valence-corrected chi connectivity index (χ3v) is 8.58. The highest BCUT2D eigenvalue weighted by Crippen LogP contribution is 2.33. The second-order valence-corrected chi connectivity index (χ2v) is 10.5. The van der Waals surface area contributed by atoms with E-state index in [0.717, 1.165) is 12.5 Å². The van der Waals surface area contributed by atoms with Crippen molar-refractivity contribution in [1.29, 1.82) is 0 Å². The van der Waals surface area contributed by atoms with Crippen LogP contribution in [0, 0.1) is 5.82 Å². The maximum Gasteiger partial charge on any atom is 0.256 e. The molecule has 176 valence electrons. The fourth-order valence-electron chi connectivity index (χ4n) is 4.23. The van der Waals surface area contributed by atoms with Gasteiger partial charge in [0, 0.05) is 43.0 Å². The number of fused-ring (bicyclic) bond motifs is 1. The van der Waals surface area contributed by atoms with Gasteiger partial charge in [-0.05, 0) is 55.7 Å². The van der Waals surface area contributed by atoms with Gasteiger partial charge in [0.05, 0.1) is 21.1 Å². The normalized spacial score (nSPS) is 16.7. The molecule has 1 amide bonds. The SMILES string of the molecule is CCC1(OC)CCN(S(=O)(=O)c2cc(C(=O)Nc3ccc(F)c(Cl)c3)c3cc[nH]c3c2)CC1. The molecule has 0 saturated carbocycles. The molecule has 2 N–H and O–H groups in total. The first-order valence-corrected chi connectivity index (χ1v) is 12.4. The van der Waals surface area contributed by atoms with E-state index in [2.05, 4.69) is 10.3 Å². The minimum atomic E-state index is -3.83. The van der Waals surface area contributed by atoms with Crippen molar-refractivity contribution in [3.05, 3.63) is 59.0 Å². The summed E-state index contributed by atoms with van der Waals surface area (Å²) in [6, 6.07) is 8.45. The number of anilines is 1. The Hall–Kier alpha value is -2.46. The Kier molecular flexibility index (Phi) is 6.50. The van der Waals surface area contributed by atoms with Crippen LogP contribution in [0.1, 0.15) is 36.5 Å². The highest BCUT2D eigenvalue weighted by Gasteiger charge is 2.37. The number of rotatable bonds is 6. The van der Waals surface area contributed by atoms with Crippen LogP contribution in [0.2, 0.25) is 5.02 Å². The summed E-state index contributed by atoms with van der Waals surface area (Å²) in [7, 11) is -2.17. The van der Waals surface area contributed by atoms with Crippen molar-refractivity contribution < 1.29 is 22.3 Å². The van der Waals surface area contributed by atoms with E-state index in [0.29, 0.717) is 42.5 Å². The number of hydrogen-bond acceptors (Lipinski definition) is 4. The lowest BCUT2D eigenvalue weighted by atomic mass is 9.90. The number of carbonyl (C=O) groups is 1. The van der Waals surface area contributed by atoms with Crippen LogP contribution in [-0.4, -0.2) is 49.4 Å². The van der Waals surface area contributed by atoms with Crippen LogP contribution in [0.5, 0.6) is 0 Å². The lowest BCUT2D eigenvalue weighted by Crippen LogP contribution is -2.47. The third-order valence-electron chi connectivity index (χ3n) is 6.41. The molecule has 0 unspecified atom stereocenters. The van der Waals surface area contributed by atoms with Gasteiger partial charge in [0.1, 0.15) is 5.82 Å². The maximum atomic E-state index is 13.5. The first-order chi connectivity index (χ1) is 15.7. The standard InChI is InChI=1S/C23H25ClFN3O4S/c1-3-23(32-2)7-10-28(11-8-23)33(30,31)16-13-18(17-6-9-26-21(17)14-16)22(29)27-15-4-5-20(25)19(24)12-15/h4-6,9,12-14,26H,3,7-8,10-11H2,1-2H3,(H,27,29). The molecule has 0 spiro atoms. The van der Waals surface area contributed by atoms with Gasteiger partial charge in [0.15, 0.2) is 0 Å². The highest BCUT2D eigenvalue weighted by atomic mass is 35.5. The average Bonchev–Trinajstić information content (AvgIpc) is 3.29. The Labute approximate surface area is 196 Å². The van der Waals surface area contributed by atoms with Crippen LogP contribution in [0.3, 0.4) is 0 Å². The third kappa shape index (κ3) is 4.50. The van der Waals surface area contributed by atoms with Crippen molar-refractivity contribution in [3.63, 3.8) is 0 Å². The molecular formula is C23H25ClFN3O4S. The number of benzene rings is 2. The summed E-state index contributed by atoms with van der Waals surface area (Å²) >= 11 is 5.81. The first-order valence-electron chi connectivity index (χ1n) is 10.6. The average molecular weight is 494 g/mol. The van der Waals surface area contributed by atoms with Gasteiger partial charge >= 0.3 is 0 Å². The van der Waals surface area contributed by atoms with Gasteiger partial charge < -0.3 is 15.0 Å². The molecule has 2 aromatic carbocycles. The summed E-state index contributed by atoms with van der Waals surface area (Å²) in [5.74, 6) is -1.12. The Morgan fingerprint density at radius 3 is 2.61 bits per heavy atom. The predicted molar refractivity (Wildman–Crippen MR) is 126 cm³/mol. The number of nitrogens with one attached hydrogen (secondary N) is 2. The maximum absolute atomic E-state index is 13.5. The van der Waals surface area contributed by atoms with E-state index in [1.165, 1.54) is 28.6 Å². The Balaban J connectivity index is 1.66. The fourth-order valence-corrected chi connectivity index (χ4v) is 5.91. The number of ether oxygens (including phenoxy) is 1. The molecule has 1 saturated heterocycles. The predicted octanol–water partition coefficient (Wildman–Crippen LogP) is 4.79. The molecule has 0 bridgehead atoms. The molecule has 33 heavy (non-hydrogen) atoms.